The summed E-state index contributed by atoms with van der Waals surface area (Å²) in [4.78, 5) is 40.4. The minimum absolute atomic E-state index is 0.0611. The number of carbonyl (C=O) groups is 2. The summed E-state index contributed by atoms with van der Waals surface area (Å²) in [7, 11) is 1.52. The van der Waals surface area contributed by atoms with Gasteiger partial charge in [0.2, 0.25) is 5.43 Å². The first-order chi connectivity index (χ1) is 16.8. The molecule has 1 saturated heterocycles. The van der Waals surface area contributed by atoms with E-state index in [1.54, 1.807) is 5.01 Å². The number of halogens is 2. The lowest BCUT2D eigenvalue weighted by atomic mass is 10.0. The predicted molar refractivity (Wildman–Crippen MR) is 121 cm³/mol. The number of rotatable bonds is 9. The lowest BCUT2D eigenvalue weighted by Crippen LogP contribution is -2.56. The van der Waals surface area contributed by atoms with Gasteiger partial charge in [0.25, 0.3) is 5.91 Å². The number of carbonyl (C=O) groups excluding carboxylic acids is 2. The van der Waals surface area contributed by atoms with Gasteiger partial charge in [-0.2, -0.15) is 0 Å². The lowest BCUT2D eigenvalue weighted by molar-refractivity contribution is 0.0449. The van der Waals surface area contributed by atoms with Crippen LogP contribution in [0.5, 0.6) is 5.75 Å². The average Bonchev–Trinajstić information content (AvgIpc) is 3.34. The molecule has 1 aromatic heterocycles. The Hall–Kier alpha value is -3.31. The van der Waals surface area contributed by atoms with Gasteiger partial charge in [0.15, 0.2) is 17.2 Å². The van der Waals surface area contributed by atoms with Crippen molar-refractivity contribution in [2.75, 3.05) is 45.1 Å². The van der Waals surface area contributed by atoms with E-state index in [4.69, 9.17) is 9.47 Å². The van der Waals surface area contributed by atoms with E-state index in [-0.39, 0.29) is 42.4 Å². The number of amides is 1. The first-order valence-corrected chi connectivity index (χ1v) is 11.4. The molecule has 1 aromatic carbocycles. The van der Waals surface area contributed by atoms with Crippen molar-refractivity contribution in [1.29, 1.82) is 0 Å². The number of nitrogens with zero attached hydrogens (tertiary/aromatic N) is 3. The van der Waals surface area contributed by atoms with Crippen LogP contribution in [0.1, 0.15) is 45.7 Å². The third kappa shape index (κ3) is 5.20. The Morgan fingerprint density at radius 3 is 2.77 bits per heavy atom. The highest BCUT2D eigenvalue weighted by molar-refractivity contribution is 6.00. The van der Waals surface area contributed by atoms with Crippen molar-refractivity contribution in [3.63, 3.8) is 0 Å². The fourth-order valence-corrected chi connectivity index (χ4v) is 4.35. The number of aromatic hydroxyl groups is 1. The molecule has 0 spiro atoms. The fourth-order valence-electron chi connectivity index (χ4n) is 4.35. The second kappa shape index (κ2) is 10.5. The predicted octanol–water partition coefficient (Wildman–Crippen LogP) is 1.82. The summed E-state index contributed by atoms with van der Waals surface area (Å²) in [6, 6.07) is 3.05. The molecule has 1 atom stereocenters. The molecule has 4 rings (SSSR count). The van der Waals surface area contributed by atoms with E-state index < -0.39 is 34.5 Å². The van der Waals surface area contributed by atoms with Gasteiger partial charge in [-0.15, -0.1) is 0 Å². The number of fused-ring (bicyclic) bond motifs is 1. The standard InChI is InChI=1S/C24H27F2N3O6/c1-34-10-8-28-14-27(12-17-3-2-9-35-17)24(33)21-23(32)22(31)18(13-29(21)28)20(30)7-5-15-4-6-16(25)11-19(15)26/h4,6,11,13,17,32H,2-3,5,7-10,12,14H2,1H3/t17-/m0/s1. The minimum Gasteiger partial charge on any atom is -0.502 e. The molecule has 2 aliphatic rings. The molecule has 3 heterocycles. The van der Waals surface area contributed by atoms with E-state index in [1.165, 1.54) is 28.9 Å². The van der Waals surface area contributed by atoms with Crippen molar-refractivity contribution in [3.8, 4) is 5.75 Å². The fraction of sp³-hybridized carbons (Fsp3) is 0.458. The zero-order valence-electron chi connectivity index (χ0n) is 19.3. The van der Waals surface area contributed by atoms with Crippen LogP contribution in [0, 0.1) is 11.6 Å². The Bertz CT molecular complexity index is 1180. The molecule has 0 saturated carbocycles. The second-order valence-electron chi connectivity index (χ2n) is 8.60. The van der Waals surface area contributed by atoms with E-state index in [9.17, 15) is 28.3 Å². The maximum absolute atomic E-state index is 13.9. The van der Waals surface area contributed by atoms with Crippen molar-refractivity contribution >= 4 is 11.7 Å². The van der Waals surface area contributed by atoms with E-state index >= 15 is 0 Å². The minimum atomic E-state index is -0.972. The second-order valence-corrected chi connectivity index (χ2v) is 8.60. The van der Waals surface area contributed by atoms with Gasteiger partial charge >= 0.3 is 0 Å². The number of benzene rings is 1. The van der Waals surface area contributed by atoms with Crippen LogP contribution >= 0.6 is 0 Å². The molecule has 2 aromatic rings. The molecule has 9 nitrogen and oxygen atoms in total. The topological polar surface area (TPSA) is 101 Å². The molecular formula is C24H27F2N3O6. The smallest absolute Gasteiger partial charge is 0.277 e. The zero-order chi connectivity index (χ0) is 25.1. The number of methoxy groups -OCH3 is 1. The van der Waals surface area contributed by atoms with Gasteiger partial charge in [0.05, 0.1) is 24.8 Å². The van der Waals surface area contributed by atoms with E-state index in [2.05, 4.69) is 0 Å². The monoisotopic (exact) mass is 491 g/mol. The van der Waals surface area contributed by atoms with Crippen LogP contribution in [0.3, 0.4) is 0 Å². The summed E-state index contributed by atoms with van der Waals surface area (Å²) in [6.45, 7) is 1.68. The molecule has 1 N–H and O–H groups in total. The highest BCUT2D eigenvalue weighted by Gasteiger charge is 2.35. The zero-order valence-corrected chi connectivity index (χ0v) is 19.3. The summed E-state index contributed by atoms with van der Waals surface area (Å²) < 4.78 is 39.2. The number of Topliss-reactive ketones (excluding diaryl/α,β-unsaturated/α-hetero) is 1. The van der Waals surface area contributed by atoms with Gasteiger partial charge in [0.1, 0.15) is 18.3 Å². The Kier molecular flexibility index (Phi) is 7.46. The first-order valence-electron chi connectivity index (χ1n) is 11.4. The van der Waals surface area contributed by atoms with Crippen LogP contribution in [0.2, 0.25) is 0 Å². The van der Waals surface area contributed by atoms with Gasteiger partial charge in [-0.3, -0.25) is 24.1 Å². The summed E-state index contributed by atoms with van der Waals surface area (Å²) in [5.74, 6) is -3.52. The number of hydrogen-bond acceptors (Lipinski definition) is 7. The molecule has 0 radical (unpaired) electrons. The van der Waals surface area contributed by atoms with Crippen LogP contribution < -0.4 is 10.4 Å². The van der Waals surface area contributed by atoms with Crippen molar-refractivity contribution in [1.82, 2.24) is 9.58 Å². The molecule has 11 heteroatoms. The first kappa shape index (κ1) is 24.8. The SMILES string of the molecule is COCCN1CN(C[C@@H]2CCCO2)C(=O)c2c(O)c(=O)c(C(=O)CCc3ccc(F)cc3F)cn21. The summed E-state index contributed by atoms with van der Waals surface area (Å²) >= 11 is 0. The Balaban J connectivity index is 1.62. The van der Waals surface area contributed by atoms with Crippen molar-refractivity contribution < 1.29 is 33.0 Å². The molecule has 1 fully saturated rings. The Morgan fingerprint density at radius 1 is 1.29 bits per heavy atom. The quantitative estimate of drug-likeness (QED) is 0.534. The van der Waals surface area contributed by atoms with Crippen molar-refractivity contribution in [2.45, 2.75) is 31.8 Å². The third-order valence-corrected chi connectivity index (χ3v) is 6.23. The molecule has 0 aliphatic carbocycles. The van der Waals surface area contributed by atoms with Gasteiger partial charge in [-0.05, 0) is 30.9 Å². The van der Waals surface area contributed by atoms with Gasteiger partial charge in [-0.1, -0.05) is 6.07 Å². The largest absolute Gasteiger partial charge is 0.502 e. The van der Waals surface area contributed by atoms with Crippen LogP contribution in [0.4, 0.5) is 8.78 Å². The van der Waals surface area contributed by atoms with Crippen LogP contribution in [0.15, 0.2) is 29.2 Å². The van der Waals surface area contributed by atoms with Crippen molar-refractivity contribution in [2.24, 2.45) is 0 Å². The van der Waals surface area contributed by atoms with Gasteiger partial charge < -0.3 is 19.5 Å². The van der Waals surface area contributed by atoms with Crippen LogP contribution in [0.25, 0.3) is 0 Å². The highest BCUT2D eigenvalue weighted by atomic mass is 19.1. The number of aromatic nitrogens is 1. The van der Waals surface area contributed by atoms with E-state index in [0.717, 1.165) is 25.0 Å². The molecule has 35 heavy (non-hydrogen) atoms. The molecule has 1 amide bonds. The summed E-state index contributed by atoms with van der Waals surface area (Å²) in [5.41, 5.74) is -1.41. The van der Waals surface area contributed by atoms with Crippen LogP contribution in [-0.4, -0.2) is 72.6 Å². The number of hydrogen-bond donors (Lipinski definition) is 1. The number of aryl methyl sites for hydroxylation is 1. The lowest BCUT2D eigenvalue weighted by Gasteiger charge is -2.40. The third-order valence-electron chi connectivity index (χ3n) is 6.23. The molecule has 0 bridgehead atoms. The molecule has 188 valence electrons. The maximum atomic E-state index is 13.9. The van der Waals surface area contributed by atoms with Crippen molar-refractivity contribution in [3.05, 3.63) is 63.1 Å². The number of pyridine rings is 1. The summed E-state index contributed by atoms with van der Waals surface area (Å²) in [5, 5.41) is 12.4. The van der Waals surface area contributed by atoms with Gasteiger partial charge in [0, 0.05) is 38.9 Å². The van der Waals surface area contributed by atoms with Gasteiger partial charge in [-0.25, -0.2) is 8.78 Å². The maximum Gasteiger partial charge on any atom is 0.277 e. The molecule has 0 unspecified atom stereocenters. The normalized spacial score (nSPS) is 17.7. The molecular weight excluding hydrogens is 464 g/mol. The Morgan fingerprint density at radius 2 is 2.09 bits per heavy atom. The summed E-state index contributed by atoms with van der Waals surface area (Å²) in [6.07, 6.45) is 2.51. The van der Waals surface area contributed by atoms with Crippen LogP contribution in [-0.2, 0) is 15.9 Å². The number of ether oxygens (including phenoxy) is 2. The average molecular weight is 491 g/mol. The Labute approximate surface area is 200 Å². The number of ketones is 1. The molecule has 2 aliphatic heterocycles. The van der Waals surface area contributed by atoms with E-state index in [1.807, 2.05) is 0 Å². The highest BCUT2D eigenvalue weighted by Crippen LogP contribution is 2.24. The van der Waals surface area contributed by atoms with E-state index in [0.29, 0.717) is 26.3 Å².